The molecular weight excluding hydrogens is 556 g/mol. The van der Waals surface area contributed by atoms with Crippen molar-refractivity contribution >= 4 is 23.9 Å². The van der Waals surface area contributed by atoms with Crippen molar-refractivity contribution in [2.24, 2.45) is 0 Å². The third-order valence-corrected chi connectivity index (χ3v) is 6.62. The summed E-state index contributed by atoms with van der Waals surface area (Å²) in [5.74, 6) is -3.00. The Bertz CT molecular complexity index is 1540. The average Bonchev–Trinajstić information content (AvgIpc) is 2.99. The minimum Gasteiger partial charge on any atom is -0.478 e. The Labute approximate surface area is 246 Å². The van der Waals surface area contributed by atoms with Crippen LogP contribution in [0.5, 0.6) is 11.5 Å². The van der Waals surface area contributed by atoms with Crippen molar-refractivity contribution in [3.8, 4) is 11.5 Å². The van der Waals surface area contributed by atoms with E-state index in [4.69, 9.17) is 29.8 Å². The summed E-state index contributed by atoms with van der Waals surface area (Å²) >= 11 is 0. The van der Waals surface area contributed by atoms with Crippen LogP contribution in [-0.2, 0) is 37.6 Å². The molecule has 0 amide bonds. The van der Waals surface area contributed by atoms with Crippen LogP contribution in [0, 0.1) is 0 Å². The zero-order chi connectivity index (χ0) is 31.0. The van der Waals surface area contributed by atoms with Crippen LogP contribution in [0.25, 0.3) is 0 Å². The van der Waals surface area contributed by atoms with Crippen LogP contribution in [-0.4, -0.2) is 34.1 Å². The highest BCUT2D eigenvalue weighted by Crippen LogP contribution is 2.35. The number of carbonyl (C=O) groups is 4. The molecule has 10 nitrogen and oxygen atoms in total. The quantitative estimate of drug-likeness (QED) is 0.160. The molecule has 4 aromatic carbocycles. The van der Waals surface area contributed by atoms with E-state index >= 15 is 0 Å². The maximum Gasteiger partial charge on any atom is 0.359 e. The lowest BCUT2D eigenvalue weighted by molar-refractivity contribution is -0.213. The van der Waals surface area contributed by atoms with E-state index in [1.165, 1.54) is 24.3 Å². The largest absolute Gasteiger partial charge is 0.478 e. The van der Waals surface area contributed by atoms with E-state index in [-0.39, 0.29) is 35.5 Å². The molecule has 10 heteroatoms. The number of hydrogen-bond acceptors (Lipinski definition) is 8. The average molecular weight is 585 g/mol. The fraction of sp³-hybridized carbons (Fsp3) is 0.152. The van der Waals surface area contributed by atoms with Gasteiger partial charge >= 0.3 is 23.9 Å². The van der Waals surface area contributed by atoms with Crippen molar-refractivity contribution in [1.82, 2.24) is 0 Å². The second-order valence-electron chi connectivity index (χ2n) is 10.1. The SMILES string of the molecule is CC(C)(c1cccc(OOC(=O)Cc2cccc(C(=O)O)c2)c1)c1cccc(OOC(=O)Cc2cccc(C(=O)O)c2)c1. The van der Waals surface area contributed by atoms with Crippen molar-refractivity contribution in [3.63, 3.8) is 0 Å². The predicted molar refractivity (Wildman–Crippen MR) is 153 cm³/mol. The molecule has 2 N–H and O–H groups in total. The molecule has 220 valence electrons. The lowest BCUT2D eigenvalue weighted by Gasteiger charge is -2.26. The molecule has 4 rings (SSSR count). The van der Waals surface area contributed by atoms with Crippen LogP contribution in [0.4, 0.5) is 0 Å². The summed E-state index contributed by atoms with van der Waals surface area (Å²) in [5.41, 5.74) is 2.15. The highest BCUT2D eigenvalue weighted by molar-refractivity contribution is 5.88. The van der Waals surface area contributed by atoms with Crippen LogP contribution >= 0.6 is 0 Å². The number of carboxylic acid groups (broad SMARTS) is 2. The fourth-order valence-electron chi connectivity index (χ4n) is 4.25. The van der Waals surface area contributed by atoms with Gasteiger partial charge in [-0.25, -0.2) is 19.2 Å². The Balaban J connectivity index is 1.36. The summed E-state index contributed by atoms with van der Waals surface area (Å²) in [5, 5.41) is 18.2. The zero-order valence-electron chi connectivity index (χ0n) is 23.3. The lowest BCUT2D eigenvalue weighted by atomic mass is 9.78. The molecule has 0 unspecified atom stereocenters. The van der Waals surface area contributed by atoms with Crippen LogP contribution in [0.15, 0.2) is 97.1 Å². The van der Waals surface area contributed by atoms with Gasteiger partial charge in [-0.1, -0.05) is 62.4 Å². The van der Waals surface area contributed by atoms with Gasteiger partial charge in [-0.05, 0) is 70.8 Å². The first kappa shape index (κ1) is 30.3. The molecular formula is C33H28O10. The van der Waals surface area contributed by atoms with Gasteiger partial charge in [-0.3, -0.25) is 19.6 Å². The summed E-state index contributed by atoms with van der Waals surface area (Å²) < 4.78 is 0. The Morgan fingerprint density at radius 1 is 0.581 bits per heavy atom. The molecule has 0 aliphatic heterocycles. The normalized spacial score (nSPS) is 10.8. The van der Waals surface area contributed by atoms with Gasteiger partial charge in [-0.2, -0.15) is 0 Å². The highest BCUT2D eigenvalue weighted by Gasteiger charge is 2.25. The van der Waals surface area contributed by atoms with E-state index in [1.54, 1.807) is 60.7 Å². The molecule has 0 saturated heterocycles. The molecule has 0 aliphatic carbocycles. The maximum absolute atomic E-state index is 12.3. The molecule has 0 radical (unpaired) electrons. The Hall–Kier alpha value is -5.64. The van der Waals surface area contributed by atoms with Crippen LogP contribution in [0.2, 0.25) is 0 Å². The Kier molecular flexibility index (Phi) is 9.41. The number of aromatic carboxylic acids is 2. The van der Waals surface area contributed by atoms with Crippen LogP contribution in [0.1, 0.15) is 56.8 Å². The van der Waals surface area contributed by atoms with Gasteiger partial charge < -0.3 is 10.2 Å². The number of hydrogen-bond donors (Lipinski definition) is 2. The molecule has 0 fully saturated rings. The molecule has 0 heterocycles. The highest BCUT2D eigenvalue weighted by atomic mass is 17.2. The topological polar surface area (TPSA) is 146 Å². The van der Waals surface area contributed by atoms with Crippen molar-refractivity contribution in [1.29, 1.82) is 0 Å². The molecule has 0 aromatic heterocycles. The van der Waals surface area contributed by atoms with Gasteiger partial charge in [-0.15, -0.1) is 0 Å². The third-order valence-electron chi connectivity index (χ3n) is 6.62. The molecule has 0 aliphatic rings. The van der Waals surface area contributed by atoms with E-state index in [1.807, 2.05) is 26.0 Å². The van der Waals surface area contributed by atoms with E-state index in [0.29, 0.717) is 11.1 Å². The summed E-state index contributed by atoms with van der Waals surface area (Å²) in [6.07, 6.45) is -0.337. The Morgan fingerprint density at radius 3 is 1.37 bits per heavy atom. The molecule has 0 bridgehead atoms. The number of benzene rings is 4. The van der Waals surface area contributed by atoms with Gasteiger partial charge in [0.15, 0.2) is 11.5 Å². The predicted octanol–water partition coefficient (Wildman–Crippen LogP) is 5.57. The molecule has 0 atom stereocenters. The standard InChI is InChI=1S/C33H28O10/c1-33(2,25-11-5-13-27(19-25)40-42-29(34)17-21-7-3-9-23(15-21)31(36)37)26-12-6-14-28(20-26)41-43-30(35)18-22-8-4-10-24(16-22)32(38)39/h3-16,19-20H,17-18H2,1-2H3,(H,36,37)(H,38,39). The number of carbonyl (C=O) groups excluding carboxylic acids is 2. The fourth-order valence-corrected chi connectivity index (χ4v) is 4.25. The third kappa shape index (κ3) is 8.20. The molecule has 4 aromatic rings. The van der Waals surface area contributed by atoms with Gasteiger partial charge in [0, 0.05) is 5.41 Å². The van der Waals surface area contributed by atoms with E-state index < -0.39 is 29.3 Å². The second kappa shape index (κ2) is 13.3. The first-order chi connectivity index (χ1) is 20.5. The number of rotatable bonds is 12. The van der Waals surface area contributed by atoms with Crippen LogP contribution < -0.4 is 9.78 Å². The van der Waals surface area contributed by atoms with E-state index in [9.17, 15) is 19.2 Å². The second-order valence-corrected chi connectivity index (χ2v) is 10.1. The van der Waals surface area contributed by atoms with E-state index in [0.717, 1.165) is 11.1 Å². The van der Waals surface area contributed by atoms with Crippen LogP contribution in [0.3, 0.4) is 0 Å². The van der Waals surface area contributed by atoms with E-state index in [2.05, 4.69) is 0 Å². The van der Waals surface area contributed by atoms with Crippen molar-refractivity contribution in [3.05, 3.63) is 130 Å². The van der Waals surface area contributed by atoms with Gasteiger partial charge in [0.05, 0.1) is 24.0 Å². The van der Waals surface area contributed by atoms with Crippen molar-refractivity contribution < 1.29 is 48.9 Å². The Morgan fingerprint density at radius 2 is 0.977 bits per heavy atom. The number of carboxylic acids is 2. The minimum atomic E-state index is -1.09. The van der Waals surface area contributed by atoms with Gasteiger partial charge in [0.25, 0.3) is 0 Å². The summed E-state index contributed by atoms with van der Waals surface area (Å²) in [4.78, 5) is 67.3. The van der Waals surface area contributed by atoms with Gasteiger partial charge in [0.1, 0.15) is 0 Å². The maximum atomic E-state index is 12.3. The first-order valence-corrected chi connectivity index (χ1v) is 13.1. The van der Waals surface area contributed by atoms with Crippen molar-refractivity contribution in [2.75, 3.05) is 0 Å². The van der Waals surface area contributed by atoms with Crippen molar-refractivity contribution in [2.45, 2.75) is 32.1 Å². The van der Waals surface area contributed by atoms with Gasteiger partial charge in [0.2, 0.25) is 0 Å². The lowest BCUT2D eigenvalue weighted by Crippen LogP contribution is -2.19. The molecule has 0 spiro atoms. The summed E-state index contributed by atoms with van der Waals surface area (Å²) in [6, 6.07) is 25.9. The minimum absolute atomic E-state index is 0.0667. The summed E-state index contributed by atoms with van der Waals surface area (Å²) in [7, 11) is 0. The smallest absolute Gasteiger partial charge is 0.359 e. The zero-order valence-corrected chi connectivity index (χ0v) is 23.3. The molecule has 0 saturated carbocycles. The monoisotopic (exact) mass is 584 g/mol. The summed E-state index contributed by atoms with van der Waals surface area (Å²) in [6.45, 7) is 3.93. The molecule has 43 heavy (non-hydrogen) atoms. The first-order valence-electron chi connectivity index (χ1n) is 13.1.